The summed E-state index contributed by atoms with van der Waals surface area (Å²) in [7, 11) is 1.52. The van der Waals surface area contributed by atoms with Crippen molar-refractivity contribution in [2.45, 2.75) is 25.8 Å². The van der Waals surface area contributed by atoms with Crippen molar-refractivity contribution >= 4 is 11.8 Å². The Labute approximate surface area is 123 Å². The minimum Gasteiger partial charge on any atom is -0.493 e. The van der Waals surface area contributed by atoms with Crippen LogP contribution in [0.25, 0.3) is 0 Å². The highest BCUT2D eigenvalue weighted by Gasteiger charge is 2.24. The summed E-state index contributed by atoms with van der Waals surface area (Å²) in [6, 6.07) is 4.49. The van der Waals surface area contributed by atoms with Gasteiger partial charge in [0.05, 0.1) is 13.7 Å². The standard InChI is InChI=1S/C15H20N2O4/c1-3-21-12-7-6-10(9-13(12)20-2)14(18)17-11-5-4-8-16-15(11)19/h6-7,9,11H,3-5,8H2,1-2H3,(H,16,19)(H,17,18). The monoisotopic (exact) mass is 292 g/mol. The van der Waals surface area contributed by atoms with Gasteiger partial charge in [0.25, 0.3) is 5.91 Å². The first-order valence-corrected chi connectivity index (χ1v) is 7.05. The number of amides is 2. The summed E-state index contributed by atoms with van der Waals surface area (Å²) >= 11 is 0. The molecular formula is C15H20N2O4. The maximum atomic E-state index is 12.2. The molecule has 2 amide bonds. The van der Waals surface area contributed by atoms with E-state index in [1.165, 1.54) is 7.11 Å². The Bertz CT molecular complexity index is 530. The fraction of sp³-hybridized carbons (Fsp3) is 0.467. The number of benzene rings is 1. The fourth-order valence-corrected chi connectivity index (χ4v) is 2.23. The average Bonchev–Trinajstić information content (AvgIpc) is 2.50. The van der Waals surface area contributed by atoms with Crippen molar-refractivity contribution in [1.29, 1.82) is 0 Å². The van der Waals surface area contributed by atoms with Crippen LogP contribution in [0.5, 0.6) is 11.5 Å². The van der Waals surface area contributed by atoms with Crippen molar-refractivity contribution in [3.63, 3.8) is 0 Å². The van der Waals surface area contributed by atoms with E-state index >= 15 is 0 Å². The number of hydrogen-bond acceptors (Lipinski definition) is 4. The van der Waals surface area contributed by atoms with E-state index in [-0.39, 0.29) is 11.8 Å². The summed E-state index contributed by atoms with van der Waals surface area (Å²) in [5.41, 5.74) is 0.439. The molecule has 1 fully saturated rings. The summed E-state index contributed by atoms with van der Waals surface area (Å²) < 4.78 is 10.6. The summed E-state index contributed by atoms with van der Waals surface area (Å²) in [6.45, 7) is 3.06. The van der Waals surface area contributed by atoms with Crippen LogP contribution in [0, 0.1) is 0 Å². The summed E-state index contributed by atoms with van der Waals surface area (Å²) in [4.78, 5) is 23.9. The van der Waals surface area contributed by atoms with Gasteiger partial charge in [-0.3, -0.25) is 9.59 Å². The molecule has 0 aromatic heterocycles. The lowest BCUT2D eigenvalue weighted by atomic mass is 10.1. The Morgan fingerprint density at radius 3 is 2.90 bits per heavy atom. The maximum Gasteiger partial charge on any atom is 0.252 e. The van der Waals surface area contributed by atoms with Gasteiger partial charge in [-0.05, 0) is 38.0 Å². The molecule has 6 heteroatoms. The van der Waals surface area contributed by atoms with E-state index in [0.29, 0.717) is 36.6 Å². The highest BCUT2D eigenvalue weighted by atomic mass is 16.5. The minimum atomic E-state index is -0.469. The Hall–Kier alpha value is -2.24. The van der Waals surface area contributed by atoms with E-state index in [1.54, 1.807) is 18.2 Å². The lowest BCUT2D eigenvalue weighted by Gasteiger charge is -2.22. The molecule has 1 aromatic rings. The van der Waals surface area contributed by atoms with Crippen molar-refractivity contribution in [3.05, 3.63) is 23.8 Å². The van der Waals surface area contributed by atoms with Crippen LogP contribution in [0.3, 0.4) is 0 Å². The predicted octanol–water partition coefficient (Wildman–Crippen LogP) is 1.10. The maximum absolute atomic E-state index is 12.2. The van der Waals surface area contributed by atoms with Gasteiger partial charge in [-0.25, -0.2) is 0 Å². The number of ether oxygens (including phenoxy) is 2. The van der Waals surface area contributed by atoms with Gasteiger partial charge in [-0.15, -0.1) is 0 Å². The molecular weight excluding hydrogens is 272 g/mol. The zero-order chi connectivity index (χ0) is 15.2. The second kappa shape index (κ2) is 6.97. The van der Waals surface area contributed by atoms with E-state index in [9.17, 15) is 9.59 Å². The molecule has 2 N–H and O–H groups in total. The topological polar surface area (TPSA) is 76.7 Å². The van der Waals surface area contributed by atoms with E-state index in [2.05, 4.69) is 10.6 Å². The lowest BCUT2D eigenvalue weighted by molar-refractivity contribution is -0.124. The van der Waals surface area contributed by atoms with Gasteiger partial charge in [0.15, 0.2) is 11.5 Å². The second-order valence-electron chi connectivity index (χ2n) is 4.76. The summed E-state index contributed by atoms with van der Waals surface area (Å²) in [5.74, 6) is 0.662. The summed E-state index contributed by atoms with van der Waals surface area (Å²) in [6.07, 6.45) is 1.52. The zero-order valence-electron chi connectivity index (χ0n) is 12.3. The van der Waals surface area contributed by atoms with Gasteiger partial charge in [0.2, 0.25) is 5.91 Å². The van der Waals surface area contributed by atoms with Gasteiger partial charge in [-0.2, -0.15) is 0 Å². The second-order valence-corrected chi connectivity index (χ2v) is 4.76. The zero-order valence-corrected chi connectivity index (χ0v) is 12.3. The number of carbonyl (C=O) groups is 2. The lowest BCUT2D eigenvalue weighted by Crippen LogP contribution is -2.50. The fourth-order valence-electron chi connectivity index (χ4n) is 2.23. The van der Waals surface area contributed by atoms with Gasteiger partial charge >= 0.3 is 0 Å². The Kier molecular flexibility index (Phi) is 5.03. The number of nitrogens with one attached hydrogen (secondary N) is 2. The number of hydrogen-bond donors (Lipinski definition) is 2. The molecule has 0 radical (unpaired) electrons. The molecule has 2 rings (SSSR count). The first-order chi connectivity index (χ1) is 10.2. The number of rotatable bonds is 5. The first kappa shape index (κ1) is 15.2. The quantitative estimate of drug-likeness (QED) is 0.852. The van der Waals surface area contributed by atoms with Gasteiger partial charge < -0.3 is 20.1 Å². The summed E-state index contributed by atoms with van der Waals surface area (Å²) in [5, 5.41) is 5.48. The third-order valence-corrected chi connectivity index (χ3v) is 3.32. The molecule has 114 valence electrons. The molecule has 0 saturated carbocycles. The average molecular weight is 292 g/mol. The Balaban J connectivity index is 2.09. The Morgan fingerprint density at radius 1 is 1.43 bits per heavy atom. The number of carbonyl (C=O) groups excluding carboxylic acids is 2. The van der Waals surface area contributed by atoms with E-state index in [4.69, 9.17) is 9.47 Å². The van der Waals surface area contributed by atoms with Gasteiger partial charge in [0, 0.05) is 12.1 Å². The largest absolute Gasteiger partial charge is 0.493 e. The molecule has 1 unspecified atom stereocenters. The third kappa shape index (κ3) is 3.65. The molecule has 1 saturated heterocycles. The van der Waals surface area contributed by atoms with E-state index < -0.39 is 6.04 Å². The molecule has 6 nitrogen and oxygen atoms in total. The van der Waals surface area contributed by atoms with Crippen LogP contribution in [-0.4, -0.2) is 38.1 Å². The molecule has 0 aliphatic carbocycles. The van der Waals surface area contributed by atoms with Crippen molar-refractivity contribution in [1.82, 2.24) is 10.6 Å². The highest BCUT2D eigenvalue weighted by Crippen LogP contribution is 2.28. The number of piperidine rings is 1. The SMILES string of the molecule is CCOc1ccc(C(=O)NC2CCCNC2=O)cc1OC. The molecule has 1 aromatic carbocycles. The molecule has 0 bridgehead atoms. The van der Waals surface area contributed by atoms with Gasteiger partial charge in [0.1, 0.15) is 6.04 Å². The van der Waals surface area contributed by atoms with E-state index in [1.807, 2.05) is 6.92 Å². The number of methoxy groups -OCH3 is 1. The third-order valence-electron chi connectivity index (χ3n) is 3.32. The molecule has 1 aliphatic heterocycles. The molecule has 1 aliphatic rings. The predicted molar refractivity (Wildman–Crippen MR) is 77.7 cm³/mol. The van der Waals surface area contributed by atoms with Gasteiger partial charge in [-0.1, -0.05) is 0 Å². The smallest absolute Gasteiger partial charge is 0.252 e. The minimum absolute atomic E-state index is 0.132. The highest BCUT2D eigenvalue weighted by molar-refractivity contribution is 5.98. The van der Waals surface area contributed by atoms with Crippen LogP contribution in [0.4, 0.5) is 0 Å². The van der Waals surface area contributed by atoms with Crippen molar-refractivity contribution in [2.75, 3.05) is 20.3 Å². The van der Waals surface area contributed by atoms with E-state index in [0.717, 1.165) is 6.42 Å². The van der Waals surface area contributed by atoms with Crippen LogP contribution in [0.15, 0.2) is 18.2 Å². The van der Waals surface area contributed by atoms with Crippen LogP contribution in [0.1, 0.15) is 30.1 Å². The Morgan fingerprint density at radius 2 is 2.24 bits per heavy atom. The van der Waals surface area contributed by atoms with Crippen LogP contribution in [-0.2, 0) is 4.79 Å². The van der Waals surface area contributed by atoms with Crippen molar-refractivity contribution < 1.29 is 19.1 Å². The molecule has 21 heavy (non-hydrogen) atoms. The van der Waals surface area contributed by atoms with Crippen molar-refractivity contribution in [3.8, 4) is 11.5 Å². The normalized spacial score (nSPS) is 17.8. The van der Waals surface area contributed by atoms with Crippen LogP contribution in [0.2, 0.25) is 0 Å². The molecule has 0 spiro atoms. The van der Waals surface area contributed by atoms with Crippen molar-refractivity contribution in [2.24, 2.45) is 0 Å². The van der Waals surface area contributed by atoms with Crippen LogP contribution >= 0.6 is 0 Å². The molecule has 1 atom stereocenters. The molecule has 1 heterocycles. The first-order valence-electron chi connectivity index (χ1n) is 7.05. The van der Waals surface area contributed by atoms with Crippen LogP contribution < -0.4 is 20.1 Å².